The molecule has 3 heteroatoms. The van der Waals surface area contributed by atoms with Gasteiger partial charge < -0.3 is 4.89 Å². The van der Waals surface area contributed by atoms with Crippen LogP contribution in [0.2, 0.25) is 0 Å². The van der Waals surface area contributed by atoms with Crippen LogP contribution in [0.3, 0.4) is 0 Å². The molecule has 0 amide bonds. The van der Waals surface area contributed by atoms with Gasteiger partial charge in [-0.05, 0) is 30.5 Å². The highest BCUT2D eigenvalue weighted by Crippen LogP contribution is 2.15. The molecule has 0 fully saturated rings. The minimum atomic E-state index is -2.52. The molecule has 21 heavy (non-hydrogen) atoms. The Balaban J connectivity index is 1.98. The summed E-state index contributed by atoms with van der Waals surface area (Å²) < 4.78 is 10.9. The monoisotopic (exact) mass is 310 g/mol. The maximum Gasteiger partial charge on any atom is 0.218 e. The first-order valence-electron chi connectivity index (χ1n) is 8.56. The summed E-state index contributed by atoms with van der Waals surface area (Å²) in [6.45, 7) is 2.26. The van der Waals surface area contributed by atoms with E-state index >= 15 is 0 Å². The minimum Gasteiger partial charge on any atom is -0.343 e. The average Bonchev–Trinajstić information content (AvgIpc) is 2.49. The third-order valence-electron chi connectivity index (χ3n) is 4.02. The van der Waals surface area contributed by atoms with E-state index in [-0.39, 0.29) is 0 Å². The van der Waals surface area contributed by atoms with E-state index in [0.717, 1.165) is 6.42 Å². The molecule has 0 bridgehead atoms. The molecule has 1 atom stereocenters. The van der Waals surface area contributed by atoms with Crippen LogP contribution in [0.25, 0.3) is 0 Å². The molecule has 0 saturated carbocycles. The predicted octanol–water partition coefficient (Wildman–Crippen LogP) is 5.24. The lowest BCUT2D eigenvalue weighted by atomic mass is 10.0. The Morgan fingerprint density at radius 1 is 0.810 bits per heavy atom. The standard InChI is InChI=1S/C18H31O2P/c1-2-3-4-5-6-7-8-9-10-11-12-17-13-15-18(16-14-17)21(19)20/h13-16,21H,2-12H2,1H3,(H,19,20). The van der Waals surface area contributed by atoms with Crippen molar-refractivity contribution in [2.24, 2.45) is 0 Å². The topological polar surface area (TPSA) is 37.3 Å². The van der Waals surface area contributed by atoms with Gasteiger partial charge in [0.25, 0.3) is 0 Å². The van der Waals surface area contributed by atoms with Crippen LogP contribution < -0.4 is 5.30 Å². The molecule has 0 heterocycles. The molecule has 1 aromatic carbocycles. The summed E-state index contributed by atoms with van der Waals surface area (Å²) in [7, 11) is -2.52. The summed E-state index contributed by atoms with van der Waals surface area (Å²) in [5, 5.41) is 0.562. The number of hydrogen-bond acceptors (Lipinski definition) is 1. The van der Waals surface area contributed by atoms with Crippen molar-refractivity contribution >= 4 is 13.3 Å². The Labute approximate surface area is 130 Å². The van der Waals surface area contributed by atoms with Gasteiger partial charge in [0.2, 0.25) is 8.03 Å². The van der Waals surface area contributed by atoms with E-state index in [1.807, 2.05) is 12.1 Å². The van der Waals surface area contributed by atoms with Gasteiger partial charge in [0.15, 0.2) is 0 Å². The van der Waals surface area contributed by atoms with E-state index in [9.17, 15) is 4.57 Å². The fraction of sp³-hybridized carbons (Fsp3) is 0.667. The molecule has 1 aromatic rings. The van der Waals surface area contributed by atoms with Crippen LogP contribution in [0, 0.1) is 0 Å². The Bertz CT molecular complexity index is 387. The summed E-state index contributed by atoms with van der Waals surface area (Å²) in [5.41, 5.74) is 1.28. The maximum absolute atomic E-state index is 10.9. The van der Waals surface area contributed by atoms with Crippen molar-refractivity contribution in [2.75, 3.05) is 0 Å². The van der Waals surface area contributed by atoms with E-state index in [1.54, 1.807) is 12.1 Å². The molecule has 0 saturated heterocycles. The van der Waals surface area contributed by atoms with Gasteiger partial charge in [0.1, 0.15) is 0 Å². The molecule has 1 N–H and O–H groups in total. The largest absolute Gasteiger partial charge is 0.343 e. The summed E-state index contributed by atoms with van der Waals surface area (Å²) >= 11 is 0. The molecule has 120 valence electrons. The van der Waals surface area contributed by atoms with Crippen molar-refractivity contribution in [3.63, 3.8) is 0 Å². The second-order valence-electron chi connectivity index (χ2n) is 5.93. The molecule has 2 nitrogen and oxygen atoms in total. The second kappa shape index (κ2) is 12.0. The minimum absolute atomic E-state index is 0.562. The lowest BCUT2D eigenvalue weighted by molar-refractivity contribution is 0.513. The number of benzene rings is 1. The lowest BCUT2D eigenvalue weighted by Crippen LogP contribution is -1.96. The van der Waals surface area contributed by atoms with Gasteiger partial charge in [-0.25, -0.2) is 0 Å². The quantitative estimate of drug-likeness (QED) is 0.423. The van der Waals surface area contributed by atoms with Gasteiger partial charge in [-0.2, -0.15) is 0 Å². The fourth-order valence-corrected chi connectivity index (χ4v) is 3.08. The van der Waals surface area contributed by atoms with Gasteiger partial charge in [-0.1, -0.05) is 76.8 Å². The van der Waals surface area contributed by atoms with Crippen LogP contribution >= 0.6 is 8.03 Å². The SMILES string of the molecule is CCCCCCCCCCCCc1ccc([PH](=O)O)cc1. The van der Waals surface area contributed by atoms with Crippen LogP contribution in [0.4, 0.5) is 0 Å². The van der Waals surface area contributed by atoms with Crippen molar-refractivity contribution < 1.29 is 9.46 Å². The van der Waals surface area contributed by atoms with Gasteiger partial charge in [0.05, 0.1) is 0 Å². The summed E-state index contributed by atoms with van der Waals surface area (Å²) in [6, 6.07) is 7.55. The molecule has 0 radical (unpaired) electrons. The fourth-order valence-electron chi connectivity index (χ4n) is 2.63. The van der Waals surface area contributed by atoms with Crippen molar-refractivity contribution in [1.82, 2.24) is 0 Å². The third-order valence-corrected chi connectivity index (χ3v) is 4.85. The highest BCUT2D eigenvalue weighted by atomic mass is 31.1. The zero-order valence-corrected chi connectivity index (χ0v) is 14.4. The van der Waals surface area contributed by atoms with Gasteiger partial charge in [-0.15, -0.1) is 0 Å². The highest BCUT2D eigenvalue weighted by Gasteiger charge is 1.99. The molecule has 1 rings (SSSR count). The Morgan fingerprint density at radius 2 is 1.29 bits per heavy atom. The summed E-state index contributed by atoms with van der Waals surface area (Å²) in [4.78, 5) is 9.03. The predicted molar refractivity (Wildman–Crippen MR) is 92.8 cm³/mol. The molecular weight excluding hydrogens is 279 g/mol. The van der Waals surface area contributed by atoms with E-state index in [1.165, 1.54) is 69.8 Å². The zero-order valence-electron chi connectivity index (χ0n) is 13.4. The Hall–Kier alpha value is -0.590. The third kappa shape index (κ3) is 9.11. The van der Waals surface area contributed by atoms with Crippen LogP contribution in [0.5, 0.6) is 0 Å². The zero-order chi connectivity index (χ0) is 15.3. The Morgan fingerprint density at radius 3 is 1.76 bits per heavy atom. The van der Waals surface area contributed by atoms with Crippen molar-refractivity contribution in [2.45, 2.75) is 77.6 Å². The van der Waals surface area contributed by atoms with Gasteiger partial charge >= 0.3 is 0 Å². The molecule has 0 aliphatic rings. The molecule has 0 aromatic heterocycles. The van der Waals surface area contributed by atoms with Crippen molar-refractivity contribution in [3.8, 4) is 0 Å². The molecule has 0 aliphatic carbocycles. The molecule has 1 unspecified atom stereocenters. The molecular formula is C18H31O2P. The van der Waals surface area contributed by atoms with Crippen molar-refractivity contribution in [3.05, 3.63) is 29.8 Å². The van der Waals surface area contributed by atoms with Crippen molar-refractivity contribution in [1.29, 1.82) is 0 Å². The van der Waals surface area contributed by atoms with E-state index in [0.29, 0.717) is 5.30 Å². The van der Waals surface area contributed by atoms with Crippen LogP contribution in [-0.4, -0.2) is 4.89 Å². The van der Waals surface area contributed by atoms with E-state index < -0.39 is 8.03 Å². The van der Waals surface area contributed by atoms with Crippen LogP contribution in [0.15, 0.2) is 24.3 Å². The highest BCUT2D eigenvalue weighted by molar-refractivity contribution is 7.47. The number of rotatable bonds is 12. The van der Waals surface area contributed by atoms with Gasteiger partial charge in [-0.3, -0.25) is 4.57 Å². The maximum atomic E-state index is 10.9. The number of aryl methyl sites for hydroxylation is 1. The number of hydrogen-bond donors (Lipinski definition) is 1. The van der Waals surface area contributed by atoms with E-state index in [2.05, 4.69) is 6.92 Å². The average molecular weight is 310 g/mol. The second-order valence-corrected chi connectivity index (χ2v) is 7.12. The van der Waals surface area contributed by atoms with E-state index in [4.69, 9.17) is 4.89 Å². The first-order valence-corrected chi connectivity index (χ1v) is 9.92. The first-order chi connectivity index (χ1) is 10.2. The summed E-state index contributed by atoms with van der Waals surface area (Å²) in [6.07, 6.45) is 14.7. The lowest BCUT2D eigenvalue weighted by Gasteiger charge is -2.04. The normalized spacial score (nSPS) is 12.5. The molecule has 0 aliphatic heterocycles. The summed E-state index contributed by atoms with van der Waals surface area (Å²) in [5.74, 6) is 0. The number of unbranched alkanes of at least 4 members (excludes halogenated alkanes) is 9. The smallest absolute Gasteiger partial charge is 0.218 e. The first kappa shape index (κ1) is 18.5. The van der Waals surface area contributed by atoms with Gasteiger partial charge in [0, 0.05) is 5.30 Å². The Kier molecular flexibility index (Phi) is 10.6. The van der Waals surface area contributed by atoms with Crippen LogP contribution in [-0.2, 0) is 11.0 Å². The molecule has 0 spiro atoms. The van der Waals surface area contributed by atoms with Crippen LogP contribution in [0.1, 0.15) is 76.7 Å².